The van der Waals surface area contributed by atoms with E-state index in [1.165, 1.54) is 12.9 Å². The van der Waals surface area contributed by atoms with Gasteiger partial charge in [-0.1, -0.05) is 37.3 Å². The summed E-state index contributed by atoms with van der Waals surface area (Å²) in [5.41, 5.74) is 8.10. The summed E-state index contributed by atoms with van der Waals surface area (Å²) in [7, 11) is 0. The lowest BCUT2D eigenvalue weighted by Gasteiger charge is -2.37. The van der Waals surface area contributed by atoms with E-state index in [4.69, 9.17) is 10.5 Å². The molecule has 1 amide bonds. The maximum atomic E-state index is 13.0. The van der Waals surface area contributed by atoms with E-state index in [0.29, 0.717) is 18.4 Å². The highest BCUT2D eigenvalue weighted by Crippen LogP contribution is 2.41. The number of hydrogen-bond acceptors (Lipinski definition) is 6. The minimum Gasteiger partial charge on any atom is -0.462 e. The number of ether oxygens (including phenoxy) is 2. The van der Waals surface area contributed by atoms with Crippen molar-refractivity contribution in [1.82, 2.24) is 0 Å². The SMILES string of the molecule is CCC(C(N)=O)(c1ccc(C(=O)OCCCO[C]=O)cc1)c1ccccc1N1CCCCC1. The second-order valence-corrected chi connectivity index (χ2v) is 8.19. The zero-order chi connectivity index (χ0) is 23.7. The van der Waals surface area contributed by atoms with Crippen molar-refractivity contribution >= 4 is 24.0 Å². The van der Waals surface area contributed by atoms with Gasteiger partial charge in [0.15, 0.2) is 0 Å². The van der Waals surface area contributed by atoms with Gasteiger partial charge in [-0.3, -0.25) is 4.79 Å². The van der Waals surface area contributed by atoms with E-state index in [0.717, 1.165) is 42.7 Å². The lowest BCUT2D eigenvalue weighted by Crippen LogP contribution is -2.43. The van der Waals surface area contributed by atoms with E-state index in [9.17, 15) is 14.4 Å². The van der Waals surface area contributed by atoms with Crippen LogP contribution in [-0.4, -0.2) is 44.7 Å². The molecule has 175 valence electrons. The number of nitrogens with two attached hydrogens (primary N) is 1. The van der Waals surface area contributed by atoms with Crippen LogP contribution in [0.3, 0.4) is 0 Å². The zero-order valence-corrected chi connectivity index (χ0v) is 19.0. The van der Waals surface area contributed by atoms with Crippen molar-refractivity contribution < 1.29 is 23.9 Å². The number of carbonyl (C=O) groups is 2. The Bertz CT molecular complexity index is 953. The summed E-state index contributed by atoms with van der Waals surface area (Å²) in [5, 5.41) is 0. The Labute approximate surface area is 194 Å². The Morgan fingerprint density at radius 3 is 2.36 bits per heavy atom. The van der Waals surface area contributed by atoms with Gasteiger partial charge in [0.1, 0.15) is 5.41 Å². The van der Waals surface area contributed by atoms with Gasteiger partial charge < -0.3 is 20.1 Å². The Hall–Kier alpha value is -3.35. The summed E-state index contributed by atoms with van der Waals surface area (Å²) in [4.78, 5) is 37.7. The monoisotopic (exact) mass is 451 g/mol. The van der Waals surface area contributed by atoms with Gasteiger partial charge in [-0.05, 0) is 55.0 Å². The number of esters is 1. The molecule has 0 saturated carbocycles. The Kier molecular flexibility index (Phi) is 8.46. The highest BCUT2D eigenvalue weighted by atomic mass is 16.5. The van der Waals surface area contributed by atoms with Crippen LogP contribution in [0.1, 0.15) is 60.5 Å². The number of rotatable bonds is 11. The molecule has 2 aromatic carbocycles. The number of piperidine rings is 1. The molecular weight excluding hydrogens is 420 g/mol. The normalized spacial score (nSPS) is 15.4. The van der Waals surface area contributed by atoms with Crippen LogP contribution in [-0.2, 0) is 24.5 Å². The second kappa shape index (κ2) is 11.5. The molecule has 2 aromatic rings. The maximum absolute atomic E-state index is 13.0. The van der Waals surface area contributed by atoms with Gasteiger partial charge >= 0.3 is 12.4 Å². The van der Waals surface area contributed by atoms with Crippen molar-refractivity contribution in [2.24, 2.45) is 5.73 Å². The fourth-order valence-electron chi connectivity index (χ4n) is 4.56. The van der Waals surface area contributed by atoms with Crippen molar-refractivity contribution in [3.8, 4) is 0 Å². The van der Waals surface area contributed by atoms with E-state index in [1.807, 2.05) is 25.1 Å². The maximum Gasteiger partial charge on any atom is 0.417 e. The highest BCUT2D eigenvalue weighted by Gasteiger charge is 2.41. The number of primary amides is 1. The van der Waals surface area contributed by atoms with Crippen LogP contribution in [0.25, 0.3) is 0 Å². The first-order valence-electron chi connectivity index (χ1n) is 11.5. The van der Waals surface area contributed by atoms with Crippen molar-refractivity contribution in [2.75, 3.05) is 31.2 Å². The largest absolute Gasteiger partial charge is 0.462 e. The number of anilines is 1. The number of para-hydroxylation sites is 1. The summed E-state index contributed by atoms with van der Waals surface area (Å²) in [6.07, 6.45) is 4.35. The fourth-order valence-corrected chi connectivity index (χ4v) is 4.56. The first kappa shape index (κ1) is 24.3. The molecule has 1 radical (unpaired) electrons. The van der Waals surface area contributed by atoms with E-state index >= 15 is 0 Å². The molecule has 0 bridgehead atoms. The summed E-state index contributed by atoms with van der Waals surface area (Å²) in [5.74, 6) is -0.900. The minimum atomic E-state index is -1.01. The molecule has 0 aromatic heterocycles. The molecule has 0 spiro atoms. The number of nitrogens with zero attached hydrogens (tertiary/aromatic N) is 1. The molecule has 1 fully saturated rings. The lowest BCUT2D eigenvalue weighted by atomic mass is 9.70. The summed E-state index contributed by atoms with van der Waals surface area (Å²) < 4.78 is 9.67. The average molecular weight is 452 g/mol. The van der Waals surface area contributed by atoms with Crippen LogP contribution in [0.15, 0.2) is 48.5 Å². The predicted molar refractivity (Wildman–Crippen MR) is 126 cm³/mol. The van der Waals surface area contributed by atoms with Crippen LogP contribution in [0.2, 0.25) is 0 Å². The summed E-state index contributed by atoms with van der Waals surface area (Å²) in [6.45, 7) is 5.47. The third-order valence-electron chi connectivity index (χ3n) is 6.31. The van der Waals surface area contributed by atoms with E-state index < -0.39 is 17.3 Å². The number of hydrogen-bond donors (Lipinski definition) is 1. The van der Waals surface area contributed by atoms with Crippen LogP contribution in [0.5, 0.6) is 0 Å². The Morgan fingerprint density at radius 2 is 1.73 bits per heavy atom. The molecule has 1 heterocycles. The lowest BCUT2D eigenvalue weighted by molar-refractivity contribution is -0.122. The molecule has 0 aliphatic carbocycles. The first-order chi connectivity index (χ1) is 16.0. The van der Waals surface area contributed by atoms with Crippen LogP contribution in [0.4, 0.5) is 5.69 Å². The number of carbonyl (C=O) groups excluding carboxylic acids is 3. The highest BCUT2D eigenvalue weighted by molar-refractivity contribution is 5.94. The number of benzene rings is 2. The average Bonchev–Trinajstić information content (AvgIpc) is 2.85. The van der Waals surface area contributed by atoms with Crippen molar-refractivity contribution in [3.63, 3.8) is 0 Å². The van der Waals surface area contributed by atoms with E-state index in [2.05, 4.69) is 15.7 Å². The van der Waals surface area contributed by atoms with E-state index in [-0.39, 0.29) is 13.2 Å². The zero-order valence-electron chi connectivity index (χ0n) is 19.0. The molecule has 1 atom stereocenters. The van der Waals surface area contributed by atoms with Crippen LogP contribution < -0.4 is 10.6 Å². The molecule has 1 aliphatic heterocycles. The Balaban J connectivity index is 1.89. The summed E-state index contributed by atoms with van der Waals surface area (Å²) >= 11 is 0. The molecule has 7 nitrogen and oxygen atoms in total. The molecule has 2 N–H and O–H groups in total. The van der Waals surface area contributed by atoms with Gasteiger partial charge in [0, 0.05) is 25.2 Å². The van der Waals surface area contributed by atoms with Crippen LogP contribution in [0, 0.1) is 0 Å². The smallest absolute Gasteiger partial charge is 0.417 e. The molecule has 33 heavy (non-hydrogen) atoms. The second-order valence-electron chi connectivity index (χ2n) is 8.19. The molecule has 1 saturated heterocycles. The van der Waals surface area contributed by atoms with E-state index in [1.54, 1.807) is 24.3 Å². The van der Waals surface area contributed by atoms with Crippen molar-refractivity contribution in [2.45, 2.75) is 44.4 Å². The molecule has 1 aliphatic rings. The predicted octanol–water partition coefficient (Wildman–Crippen LogP) is 3.49. The molecular formula is C26H31N2O5. The minimum absolute atomic E-state index is 0.131. The van der Waals surface area contributed by atoms with Gasteiger partial charge in [-0.25, -0.2) is 9.59 Å². The fraction of sp³-hybridized carbons (Fsp3) is 0.423. The van der Waals surface area contributed by atoms with Gasteiger partial charge in [-0.15, -0.1) is 0 Å². The topological polar surface area (TPSA) is 98.9 Å². The summed E-state index contributed by atoms with van der Waals surface area (Å²) in [6, 6.07) is 14.9. The first-order valence-corrected chi connectivity index (χ1v) is 11.5. The molecule has 7 heteroatoms. The quantitative estimate of drug-likeness (QED) is 0.415. The van der Waals surface area contributed by atoms with Crippen molar-refractivity contribution in [3.05, 3.63) is 65.2 Å². The molecule has 1 unspecified atom stereocenters. The Morgan fingerprint density at radius 1 is 1.03 bits per heavy atom. The number of amides is 1. The molecule has 3 rings (SSSR count). The van der Waals surface area contributed by atoms with Gasteiger partial charge in [0.2, 0.25) is 5.91 Å². The van der Waals surface area contributed by atoms with Crippen LogP contribution >= 0.6 is 0 Å². The van der Waals surface area contributed by atoms with Gasteiger partial charge in [0.05, 0.1) is 18.8 Å². The standard InChI is InChI=1S/C26H31N2O5/c1-2-26(25(27)31,22-9-4-5-10-23(22)28-15-6-3-7-16-28)21-13-11-20(12-14-21)24(30)33-18-8-17-32-19-29/h4-5,9-14H,2-3,6-8,15-18H2,1H3,(H2,27,31). The third-order valence-corrected chi connectivity index (χ3v) is 6.31. The van der Waals surface area contributed by atoms with Crippen molar-refractivity contribution in [1.29, 1.82) is 0 Å². The third kappa shape index (κ3) is 5.35. The van der Waals surface area contributed by atoms with Gasteiger partial charge in [0.25, 0.3) is 0 Å². The van der Waals surface area contributed by atoms with Gasteiger partial charge in [-0.2, -0.15) is 0 Å².